The van der Waals surface area contributed by atoms with Crippen LogP contribution in [0.25, 0.3) is 0 Å². The van der Waals surface area contributed by atoms with Crippen LogP contribution in [0.5, 0.6) is 0 Å². The molecule has 1 saturated heterocycles. The first-order valence-electron chi connectivity index (χ1n) is 8.00. The number of carbonyl (C=O) groups is 1. The Morgan fingerprint density at radius 1 is 1.36 bits per heavy atom. The van der Waals surface area contributed by atoms with Crippen molar-refractivity contribution in [3.63, 3.8) is 0 Å². The number of hydrogen-bond acceptors (Lipinski definition) is 4. The highest BCUT2D eigenvalue weighted by molar-refractivity contribution is 6.30. The van der Waals surface area contributed by atoms with E-state index in [1.54, 1.807) is 36.2 Å². The SMILES string of the molecule is Cc1cc(C#Cc2cccc(Cl)c2)c(C(=O)N2CCC3C=NOC32)o1. The molecule has 1 fully saturated rings. The molecule has 0 saturated carbocycles. The highest BCUT2D eigenvalue weighted by atomic mass is 35.5. The fourth-order valence-corrected chi connectivity index (χ4v) is 3.26. The molecule has 2 aliphatic rings. The summed E-state index contributed by atoms with van der Waals surface area (Å²) in [5.41, 5.74) is 1.34. The smallest absolute Gasteiger partial charge is 0.293 e. The largest absolute Gasteiger partial charge is 0.455 e. The van der Waals surface area contributed by atoms with Gasteiger partial charge in [0, 0.05) is 17.1 Å². The Kier molecular flexibility index (Phi) is 3.98. The third-order valence-corrected chi connectivity index (χ3v) is 4.51. The van der Waals surface area contributed by atoms with Gasteiger partial charge >= 0.3 is 0 Å². The topological polar surface area (TPSA) is 55.0 Å². The van der Waals surface area contributed by atoms with Gasteiger partial charge in [0.2, 0.25) is 12.0 Å². The van der Waals surface area contributed by atoms with Crippen LogP contribution in [0, 0.1) is 24.7 Å². The van der Waals surface area contributed by atoms with Crippen LogP contribution < -0.4 is 0 Å². The zero-order valence-corrected chi connectivity index (χ0v) is 14.3. The Balaban J connectivity index is 1.62. The molecule has 0 radical (unpaired) electrons. The van der Waals surface area contributed by atoms with E-state index in [9.17, 15) is 4.79 Å². The number of benzene rings is 1. The van der Waals surface area contributed by atoms with E-state index in [4.69, 9.17) is 20.9 Å². The van der Waals surface area contributed by atoms with Crippen molar-refractivity contribution in [2.45, 2.75) is 19.6 Å². The number of fused-ring (bicyclic) bond motifs is 1. The van der Waals surface area contributed by atoms with Gasteiger partial charge in [0.25, 0.3) is 5.91 Å². The molecule has 0 spiro atoms. The molecule has 25 heavy (non-hydrogen) atoms. The summed E-state index contributed by atoms with van der Waals surface area (Å²) < 4.78 is 5.63. The molecule has 2 aliphatic heterocycles. The van der Waals surface area contributed by atoms with Crippen LogP contribution in [0.15, 0.2) is 39.9 Å². The molecule has 1 amide bonds. The van der Waals surface area contributed by atoms with Gasteiger partial charge in [-0.2, -0.15) is 0 Å². The molecule has 4 rings (SSSR count). The first-order chi connectivity index (χ1) is 12.1. The van der Waals surface area contributed by atoms with E-state index < -0.39 is 0 Å². The maximum atomic E-state index is 12.9. The monoisotopic (exact) mass is 354 g/mol. The zero-order chi connectivity index (χ0) is 17.4. The lowest BCUT2D eigenvalue weighted by atomic mass is 10.1. The van der Waals surface area contributed by atoms with Crippen LogP contribution in [0.2, 0.25) is 5.02 Å². The van der Waals surface area contributed by atoms with Crippen molar-refractivity contribution in [3.8, 4) is 11.8 Å². The van der Waals surface area contributed by atoms with Gasteiger partial charge in [0.05, 0.1) is 17.7 Å². The lowest BCUT2D eigenvalue weighted by Crippen LogP contribution is -2.37. The highest BCUT2D eigenvalue weighted by Crippen LogP contribution is 2.30. The summed E-state index contributed by atoms with van der Waals surface area (Å²) >= 11 is 5.98. The Hall–Kier alpha value is -2.71. The first kappa shape index (κ1) is 15.8. The van der Waals surface area contributed by atoms with Gasteiger partial charge in [0.1, 0.15) is 5.76 Å². The Bertz CT molecular complexity index is 922. The second kappa shape index (κ2) is 6.30. The minimum Gasteiger partial charge on any atom is -0.455 e. The average Bonchev–Trinajstić information content (AvgIpc) is 3.27. The van der Waals surface area contributed by atoms with Crippen LogP contribution in [0.1, 0.15) is 33.9 Å². The Morgan fingerprint density at radius 3 is 3.08 bits per heavy atom. The predicted octanol–water partition coefficient (Wildman–Crippen LogP) is 3.45. The second-order valence-corrected chi connectivity index (χ2v) is 6.50. The van der Waals surface area contributed by atoms with Crippen molar-refractivity contribution in [2.24, 2.45) is 11.1 Å². The van der Waals surface area contributed by atoms with Crippen molar-refractivity contribution in [1.29, 1.82) is 0 Å². The lowest BCUT2D eigenvalue weighted by molar-refractivity contribution is -0.0187. The van der Waals surface area contributed by atoms with E-state index in [1.165, 1.54) is 0 Å². The third kappa shape index (κ3) is 3.01. The standard InChI is InChI=1S/C19H15ClN2O3/c1-12-9-14(6-5-13-3-2-4-16(20)10-13)17(24-12)18(23)22-8-7-15-11-21-25-19(15)22/h2-4,9-11,15,19H,7-8H2,1H3. The van der Waals surface area contributed by atoms with Crippen molar-refractivity contribution < 1.29 is 14.0 Å². The molecule has 5 nitrogen and oxygen atoms in total. The Morgan fingerprint density at radius 2 is 2.24 bits per heavy atom. The minimum absolute atomic E-state index is 0.154. The van der Waals surface area contributed by atoms with Gasteiger partial charge in [-0.25, -0.2) is 0 Å². The van der Waals surface area contributed by atoms with Crippen molar-refractivity contribution >= 4 is 23.7 Å². The van der Waals surface area contributed by atoms with Crippen LogP contribution in [-0.2, 0) is 4.84 Å². The number of furan rings is 1. The van der Waals surface area contributed by atoms with E-state index in [0.717, 1.165) is 12.0 Å². The van der Waals surface area contributed by atoms with E-state index in [0.29, 0.717) is 22.9 Å². The quantitative estimate of drug-likeness (QED) is 0.737. The number of likely N-dealkylation sites (tertiary alicyclic amines) is 1. The normalized spacial score (nSPS) is 20.8. The van der Waals surface area contributed by atoms with Gasteiger partial charge in [-0.15, -0.1) is 0 Å². The van der Waals surface area contributed by atoms with Gasteiger partial charge < -0.3 is 9.25 Å². The average molecular weight is 355 g/mol. The molecule has 6 heteroatoms. The summed E-state index contributed by atoms with van der Waals surface area (Å²) in [7, 11) is 0. The molecule has 1 aromatic carbocycles. The fourth-order valence-electron chi connectivity index (χ4n) is 3.07. The number of carbonyl (C=O) groups excluding carboxylic acids is 1. The van der Waals surface area contributed by atoms with Crippen LogP contribution in [0.3, 0.4) is 0 Å². The number of hydrogen-bond donors (Lipinski definition) is 0. The van der Waals surface area contributed by atoms with E-state index in [2.05, 4.69) is 17.0 Å². The molecule has 2 aromatic rings. The maximum Gasteiger partial charge on any atom is 0.293 e. The zero-order valence-electron chi connectivity index (χ0n) is 13.5. The van der Waals surface area contributed by atoms with Gasteiger partial charge in [-0.1, -0.05) is 34.7 Å². The molecule has 0 aliphatic carbocycles. The number of aryl methyl sites for hydroxylation is 1. The molecule has 126 valence electrons. The van der Waals surface area contributed by atoms with Crippen molar-refractivity contribution in [3.05, 3.63) is 58.0 Å². The number of nitrogens with zero attached hydrogens (tertiary/aromatic N) is 2. The van der Waals surface area contributed by atoms with Gasteiger partial charge in [-0.3, -0.25) is 9.69 Å². The molecule has 2 atom stereocenters. The third-order valence-electron chi connectivity index (χ3n) is 4.27. The number of amides is 1. The van der Waals surface area contributed by atoms with Crippen molar-refractivity contribution in [1.82, 2.24) is 4.90 Å². The summed E-state index contributed by atoms with van der Waals surface area (Å²) in [5.74, 6) is 6.85. The molecule has 2 unspecified atom stereocenters. The maximum absolute atomic E-state index is 12.9. The highest BCUT2D eigenvalue weighted by Gasteiger charge is 2.42. The number of halogens is 1. The predicted molar refractivity (Wildman–Crippen MR) is 93.4 cm³/mol. The van der Waals surface area contributed by atoms with E-state index in [-0.39, 0.29) is 23.8 Å². The lowest BCUT2D eigenvalue weighted by Gasteiger charge is -2.20. The molecule has 3 heterocycles. The summed E-state index contributed by atoms with van der Waals surface area (Å²) in [5, 5.41) is 4.43. The van der Waals surface area contributed by atoms with Gasteiger partial charge in [0.15, 0.2) is 0 Å². The van der Waals surface area contributed by atoms with Crippen LogP contribution in [0.4, 0.5) is 0 Å². The molecular formula is C19H15ClN2O3. The van der Waals surface area contributed by atoms with Crippen LogP contribution in [-0.4, -0.2) is 29.8 Å². The Labute approximate surface area is 150 Å². The fraction of sp³-hybridized carbons (Fsp3) is 0.263. The number of rotatable bonds is 1. The summed E-state index contributed by atoms with van der Waals surface area (Å²) in [4.78, 5) is 19.9. The molecule has 1 aromatic heterocycles. The summed E-state index contributed by atoms with van der Waals surface area (Å²) in [6.07, 6.45) is 2.25. The number of oxime groups is 1. The van der Waals surface area contributed by atoms with E-state index in [1.807, 2.05) is 12.1 Å². The minimum atomic E-state index is -0.341. The summed E-state index contributed by atoms with van der Waals surface area (Å²) in [6.45, 7) is 2.41. The van der Waals surface area contributed by atoms with Gasteiger partial charge in [-0.05, 0) is 37.6 Å². The molecular weight excluding hydrogens is 340 g/mol. The first-order valence-corrected chi connectivity index (χ1v) is 8.38. The second-order valence-electron chi connectivity index (χ2n) is 6.06. The van der Waals surface area contributed by atoms with Crippen LogP contribution >= 0.6 is 11.6 Å². The summed E-state index contributed by atoms with van der Waals surface area (Å²) in [6, 6.07) is 9.03. The molecule has 0 N–H and O–H groups in total. The van der Waals surface area contributed by atoms with E-state index >= 15 is 0 Å². The van der Waals surface area contributed by atoms with Crippen molar-refractivity contribution in [2.75, 3.05) is 6.54 Å². The molecule has 0 bridgehead atoms.